The number of furan rings is 1. The third-order valence-electron chi connectivity index (χ3n) is 3.81. The highest BCUT2D eigenvalue weighted by Gasteiger charge is 2.31. The zero-order valence-electron chi connectivity index (χ0n) is 13.5. The average molecular weight is 368 g/mol. The lowest BCUT2D eigenvalue weighted by Gasteiger charge is -2.24. The zero-order valence-corrected chi connectivity index (χ0v) is 14.3. The molecular weight excluding hydrogens is 351 g/mol. The quantitative estimate of drug-likeness (QED) is 0.892. The minimum atomic E-state index is -3.82. The van der Waals surface area contributed by atoms with Gasteiger partial charge < -0.3 is 14.5 Å². The molecule has 1 aliphatic heterocycles. The molecule has 0 aliphatic carbocycles. The Labute approximate surface area is 144 Å². The van der Waals surface area contributed by atoms with Crippen molar-refractivity contribution in [3.05, 3.63) is 47.5 Å². The highest BCUT2D eigenvalue weighted by Crippen LogP contribution is 2.24. The van der Waals surface area contributed by atoms with Crippen LogP contribution in [0.2, 0.25) is 0 Å². The van der Waals surface area contributed by atoms with Crippen molar-refractivity contribution in [3.63, 3.8) is 0 Å². The van der Waals surface area contributed by atoms with Crippen LogP contribution in [-0.4, -0.2) is 44.9 Å². The van der Waals surface area contributed by atoms with E-state index in [1.807, 2.05) is 0 Å². The molecule has 3 rings (SSSR count). The molecule has 9 heteroatoms. The molecule has 0 atom stereocenters. The van der Waals surface area contributed by atoms with Crippen molar-refractivity contribution < 1.29 is 26.8 Å². The van der Waals surface area contributed by atoms with Gasteiger partial charge in [-0.25, -0.2) is 12.8 Å². The Morgan fingerprint density at radius 1 is 1.20 bits per heavy atom. The fourth-order valence-corrected chi connectivity index (χ4v) is 3.83. The zero-order chi connectivity index (χ0) is 18.0. The molecular formula is C16H17FN2O5S. The number of aryl methyl sites for hydroxylation is 1. The molecule has 1 N–H and O–H groups in total. The molecule has 1 saturated heterocycles. The van der Waals surface area contributed by atoms with Gasteiger partial charge in [0.15, 0.2) is 0 Å². The predicted molar refractivity (Wildman–Crippen MR) is 87.4 cm³/mol. The maximum absolute atomic E-state index is 12.9. The number of rotatable bonds is 4. The SMILES string of the molecule is Cc1oc(S(=O)(=O)N2CCOCC2)cc1C(=O)Nc1ccc(F)cc1. The van der Waals surface area contributed by atoms with Gasteiger partial charge in [-0.2, -0.15) is 4.31 Å². The average Bonchev–Trinajstić information content (AvgIpc) is 3.00. The van der Waals surface area contributed by atoms with Gasteiger partial charge >= 0.3 is 0 Å². The summed E-state index contributed by atoms with van der Waals surface area (Å²) < 4.78 is 49.8. The molecule has 7 nitrogen and oxygen atoms in total. The summed E-state index contributed by atoms with van der Waals surface area (Å²) in [6.07, 6.45) is 0. The second kappa shape index (κ2) is 6.95. The van der Waals surface area contributed by atoms with Crippen molar-refractivity contribution in [1.82, 2.24) is 4.31 Å². The molecule has 1 aromatic heterocycles. The lowest BCUT2D eigenvalue weighted by Crippen LogP contribution is -2.40. The number of anilines is 1. The summed E-state index contributed by atoms with van der Waals surface area (Å²) in [6.45, 7) is 2.62. The van der Waals surface area contributed by atoms with E-state index in [1.54, 1.807) is 0 Å². The first-order chi connectivity index (χ1) is 11.9. The summed E-state index contributed by atoms with van der Waals surface area (Å²) >= 11 is 0. The second-order valence-electron chi connectivity index (χ2n) is 5.51. The van der Waals surface area contributed by atoms with Crippen LogP contribution in [0.3, 0.4) is 0 Å². The molecule has 134 valence electrons. The van der Waals surface area contributed by atoms with Gasteiger partial charge in [0.1, 0.15) is 11.6 Å². The monoisotopic (exact) mass is 368 g/mol. The topological polar surface area (TPSA) is 88.8 Å². The molecule has 1 aromatic carbocycles. The first-order valence-corrected chi connectivity index (χ1v) is 9.07. The van der Waals surface area contributed by atoms with E-state index in [2.05, 4.69) is 5.32 Å². The van der Waals surface area contributed by atoms with E-state index in [1.165, 1.54) is 41.6 Å². The van der Waals surface area contributed by atoms with E-state index in [0.29, 0.717) is 18.9 Å². The number of nitrogens with one attached hydrogen (secondary N) is 1. The van der Waals surface area contributed by atoms with Gasteiger partial charge in [-0.15, -0.1) is 0 Å². The molecule has 2 heterocycles. The Morgan fingerprint density at radius 3 is 2.48 bits per heavy atom. The van der Waals surface area contributed by atoms with Gasteiger partial charge in [-0.05, 0) is 31.2 Å². The van der Waals surface area contributed by atoms with E-state index in [-0.39, 0.29) is 29.5 Å². The van der Waals surface area contributed by atoms with E-state index in [9.17, 15) is 17.6 Å². The number of morpholine rings is 1. The Morgan fingerprint density at radius 2 is 1.84 bits per heavy atom. The summed E-state index contributed by atoms with van der Waals surface area (Å²) in [4.78, 5) is 12.3. The minimum absolute atomic E-state index is 0.108. The van der Waals surface area contributed by atoms with Crippen molar-refractivity contribution in [1.29, 1.82) is 0 Å². The third-order valence-corrected chi connectivity index (χ3v) is 5.56. The van der Waals surface area contributed by atoms with Crippen LogP contribution in [-0.2, 0) is 14.8 Å². The Hall–Kier alpha value is -2.23. The first-order valence-electron chi connectivity index (χ1n) is 7.63. The van der Waals surface area contributed by atoms with Crippen molar-refractivity contribution in [2.45, 2.75) is 12.0 Å². The van der Waals surface area contributed by atoms with Gasteiger partial charge in [-0.3, -0.25) is 4.79 Å². The smallest absolute Gasteiger partial charge is 0.276 e. The number of hydrogen-bond donors (Lipinski definition) is 1. The Kier molecular flexibility index (Phi) is 4.89. The fourth-order valence-electron chi connectivity index (χ4n) is 2.45. The summed E-state index contributed by atoms with van der Waals surface area (Å²) in [5.74, 6) is -0.765. The van der Waals surface area contributed by atoms with Crippen LogP contribution in [0.25, 0.3) is 0 Å². The summed E-state index contributed by atoms with van der Waals surface area (Å²) in [6, 6.07) is 6.46. The molecule has 0 radical (unpaired) electrons. The molecule has 1 fully saturated rings. The number of sulfonamides is 1. The Balaban J connectivity index is 1.81. The van der Waals surface area contributed by atoms with E-state index >= 15 is 0 Å². The van der Waals surface area contributed by atoms with Crippen molar-refractivity contribution in [2.75, 3.05) is 31.6 Å². The van der Waals surface area contributed by atoms with Gasteiger partial charge in [0, 0.05) is 24.8 Å². The van der Waals surface area contributed by atoms with Gasteiger partial charge in [-0.1, -0.05) is 0 Å². The van der Waals surface area contributed by atoms with Crippen molar-refractivity contribution in [3.8, 4) is 0 Å². The molecule has 0 saturated carbocycles. The summed E-state index contributed by atoms with van der Waals surface area (Å²) in [7, 11) is -3.82. The molecule has 2 aromatic rings. The predicted octanol–water partition coefficient (Wildman–Crippen LogP) is 2.00. The van der Waals surface area contributed by atoms with Crippen LogP contribution in [0.4, 0.5) is 10.1 Å². The number of benzene rings is 1. The molecule has 25 heavy (non-hydrogen) atoms. The van der Waals surface area contributed by atoms with Crippen LogP contribution >= 0.6 is 0 Å². The molecule has 0 unspecified atom stereocenters. The van der Waals surface area contributed by atoms with Gasteiger partial charge in [0.25, 0.3) is 15.9 Å². The summed E-state index contributed by atoms with van der Waals surface area (Å²) in [5.41, 5.74) is 0.501. The third kappa shape index (κ3) is 3.73. The first kappa shape index (κ1) is 17.6. The Bertz CT molecular complexity index is 870. The molecule has 1 aliphatic rings. The van der Waals surface area contributed by atoms with Crippen LogP contribution < -0.4 is 5.32 Å². The normalized spacial score (nSPS) is 15.9. The van der Waals surface area contributed by atoms with Crippen LogP contribution in [0, 0.1) is 12.7 Å². The standard InChI is InChI=1S/C16H17FN2O5S/c1-11-14(16(20)18-13-4-2-12(17)3-5-13)10-15(24-11)25(21,22)19-6-8-23-9-7-19/h2-5,10H,6-9H2,1H3,(H,18,20). The van der Waals surface area contributed by atoms with Crippen molar-refractivity contribution in [2.24, 2.45) is 0 Å². The highest BCUT2D eigenvalue weighted by atomic mass is 32.2. The van der Waals surface area contributed by atoms with Crippen LogP contribution in [0.15, 0.2) is 39.8 Å². The number of ether oxygens (including phenoxy) is 1. The van der Waals surface area contributed by atoms with E-state index in [4.69, 9.17) is 9.15 Å². The van der Waals surface area contributed by atoms with E-state index in [0.717, 1.165) is 0 Å². The number of amides is 1. The molecule has 0 bridgehead atoms. The van der Waals surface area contributed by atoms with Crippen molar-refractivity contribution >= 4 is 21.6 Å². The molecule has 1 amide bonds. The number of nitrogens with zero attached hydrogens (tertiary/aromatic N) is 1. The number of halogens is 1. The van der Waals surface area contributed by atoms with Crippen LogP contribution in [0.5, 0.6) is 0 Å². The maximum atomic E-state index is 12.9. The maximum Gasteiger partial charge on any atom is 0.276 e. The number of carbonyl (C=O) groups excluding carboxylic acids is 1. The van der Waals surface area contributed by atoms with Gasteiger partial charge in [0.05, 0.1) is 18.8 Å². The lowest BCUT2D eigenvalue weighted by atomic mass is 10.2. The number of carbonyl (C=O) groups is 1. The second-order valence-corrected chi connectivity index (χ2v) is 7.38. The highest BCUT2D eigenvalue weighted by molar-refractivity contribution is 7.89. The summed E-state index contributed by atoms with van der Waals surface area (Å²) in [5, 5.41) is 2.30. The fraction of sp³-hybridized carbons (Fsp3) is 0.312. The lowest BCUT2D eigenvalue weighted by molar-refractivity contribution is 0.0724. The largest absolute Gasteiger partial charge is 0.448 e. The van der Waals surface area contributed by atoms with E-state index < -0.39 is 21.7 Å². The minimum Gasteiger partial charge on any atom is -0.448 e. The molecule has 0 spiro atoms. The van der Waals surface area contributed by atoms with Crippen LogP contribution in [0.1, 0.15) is 16.1 Å². The van der Waals surface area contributed by atoms with Gasteiger partial charge in [0.2, 0.25) is 5.09 Å². The number of hydrogen-bond acceptors (Lipinski definition) is 5.